The molecular weight excluding hydrogens is 346 g/mol. The van der Waals surface area contributed by atoms with Gasteiger partial charge in [-0.25, -0.2) is 13.1 Å². The van der Waals surface area contributed by atoms with Gasteiger partial charge >= 0.3 is 0 Å². The van der Waals surface area contributed by atoms with Crippen LogP contribution in [0.3, 0.4) is 0 Å². The van der Waals surface area contributed by atoms with Crippen LogP contribution in [-0.4, -0.2) is 33.0 Å². The third-order valence-corrected chi connectivity index (χ3v) is 4.57. The molecular formula is C13H22ClN3O5S. The normalized spacial score (nSPS) is 12.6. The van der Waals surface area contributed by atoms with Crippen molar-refractivity contribution in [3.05, 3.63) is 28.3 Å². The minimum Gasteiger partial charge on any atom is -0.495 e. The second kappa shape index (κ2) is 9.02. The fourth-order valence-corrected chi connectivity index (χ4v) is 3.45. The average Bonchev–Trinajstić information content (AvgIpc) is 2.44. The highest BCUT2D eigenvalue weighted by Gasteiger charge is 2.25. The zero-order valence-electron chi connectivity index (χ0n) is 13.2. The Kier molecular flexibility index (Phi) is 8.46. The van der Waals surface area contributed by atoms with Crippen LogP contribution in [0.25, 0.3) is 0 Å². The van der Waals surface area contributed by atoms with Gasteiger partial charge in [-0.1, -0.05) is 13.8 Å². The molecule has 8 nitrogen and oxygen atoms in total. The van der Waals surface area contributed by atoms with Crippen molar-refractivity contribution in [2.75, 3.05) is 13.7 Å². The fraction of sp³-hybridized carbons (Fsp3) is 0.538. The Balaban J connectivity index is 0.00000484. The molecule has 0 fully saturated rings. The molecule has 0 aromatic heterocycles. The molecule has 0 bridgehead atoms. The van der Waals surface area contributed by atoms with Crippen LogP contribution in [0, 0.1) is 16.0 Å². The van der Waals surface area contributed by atoms with E-state index in [1.165, 1.54) is 7.11 Å². The molecule has 1 rings (SSSR count). The molecule has 1 aromatic rings. The summed E-state index contributed by atoms with van der Waals surface area (Å²) < 4.78 is 32.3. The molecule has 0 aliphatic heterocycles. The van der Waals surface area contributed by atoms with Gasteiger partial charge in [0.1, 0.15) is 10.6 Å². The van der Waals surface area contributed by atoms with Crippen LogP contribution < -0.4 is 15.2 Å². The number of nitrogens with zero attached hydrogens (tertiary/aromatic N) is 1. The van der Waals surface area contributed by atoms with Crippen LogP contribution in [0.1, 0.15) is 20.3 Å². The van der Waals surface area contributed by atoms with E-state index >= 15 is 0 Å². The maximum absolute atomic E-state index is 12.4. The number of nitrogens with one attached hydrogen (secondary N) is 1. The largest absolute Gasteiger partial charge is 0.495 e. The van der Waals surface area contributed by atoms with E-state index in [-0.39, 0.29) is 41.2 Å². The first-order valence-corrected chi connectivity index (χ1v) is 8.24. The van der Waals surface area contributed by atoms with Crippen LogP contribution in [0.15, 0.2) is 23.1 Å². The SMILES string of the molecule is COc1cc([N+](=O)[O-])ccc1S(=O)(=O)NC(CN)CC(C)C.Cl. The summed E-state index contributed by atoms with van der Waals surface area (Å²) >= 11 is 0. The molecule has 3 N–H and O–H groups in total. The number of methoxy groups -OCH3 is 1. The van der Waals surface area contributed by atoms with Gasteiger partial charge in [0.05, 0.1) is 18.1 Å². The third-order valence-electron chi connectivity index (χ3n) is 3.01. The van der Waals surface area contributed by atoms with Gasteiger partial charge in [0.25, 0.3) is 5.69 Å². The monoisotopic (exact) mass is 367 g/mol. The summed E-state index contributed by atoms with van der Waals surface area (Å²) in [6, 6.07) is 2.94. The number of non-ortho nitro benzene ring substituents is 1. The van der Waals surface area contributed by atoms with Crippen molar-refractivity contribution in [2.45, 2.75) is 31.2 Å². The molecule has 0 aliphatic carbocycles. The highest BCUT2D eigenvalue weighted by atomic mass is 35.5. The number of rotatable bonds is 8. The molecule has 132 valence electrons. The summed E-state index contributed by atoms with van der Waals surface area (Å²) in [4.78, 5) is 9.98. The first-order valence-electron chi connectivity index (χ1n) is 6.76. The van der Waals surface area contributed by atoms with Gasteiger partial charge in [0.2, 0.25) is 10.0 Å². The number of nitrogens with two attached hydrogens (primary N) is 1. The molecule has 0 amide bonds. The molecule has 10 heteroatoms. The zero-order valence-corrected chi connectivity index (χ0v) is 14.8. The van der Waals surface area contributed by atoms with Crippen molar-refractivity contribution in [1.29, 1.82) is 0 Å². The Hall–Kier alpha value is -1.42. The van der Waals surface area contributed by atoms with Crippen LogP contribution in [-0.2, 0) is 10.0 Å². The minimum absolute atomic E-state index is 0. The predicted molar refractivity (Wildman–Crippen MR) is 89.5 cm³/mol. The number of benzene rings is 1. The Morgan fingerprint density at radius 2 is 2.00 bits per heavy atom. The number of hydrogen-bond acceptors (Lipinski definition) is 6. The number of halogens is 1. The summed E-state index contributed by atoms with van der Waals surface area (Å²) in [5, 5.41) is 10.7. The predicted octanol–water partition coefficient (Wildman–Crippen LogP) is 1.68. The van der Waals surface area contributed by atoms with E-state index in [1.807, 2.05) is 13.8 Å². The second-order valence-corrected chi connectivity index (χ2v) is 6.96. The van der Waals surface area contributed by atoms with Gasteiger partial charge in [0, 0.05) is 18.7 Å². The van der Waals surface area contributed by atoms with E-state index < -0.39 is 21.0 Å². The van der Waals surface area contributed by atoms with E-state index in [0.29, 0.717) is 6.42 Å². The topological polar surface area (TPSA) is 125 Å². The molecule has 1 unspecified atom stereocenters. The van der Waals surface area contributed by atoms with Crippen molar-refractivity contribution >= 4 is 28.1 Å². The smallest absolute Gasteiger partial charge is 0.273 e. The maximum atomic E-state index is 12.4. The Bertz CT molecular complexity index is 636. The molecule has 0 radical (unpaired) electrons. The van der Waals surface area contributed by atoms with Crippen LogP contribution in [0.4, 0.5) is 5.69 Å². The van der Waals surface area contributed by atoms with Crippen molar-refractivity contribution in [1.82, 2.24) is 4.72 Å². The highest BCUT2D eigenvalue weighted by Crippen LogP contribution is 2.28. The quantitative estimate of drug-likeness (QED) is 0.532. The Labute approximate surface area is 142 Å². The van der Waals surface area contributed by atoms with Gasteiger partial charge < -0.3 is 10.5 Å². The third kappa shape index (κ3) is 5.94. The average molecular weight is 368 g/mol. The van der Waals surface area contributed by atoms with E-state index in [9.17, 15) is 18.5 Å². The van der Waals surface area contributed by atoms with E-state index in [1.54, 1.807) is 0 Å². The lowest BCUT2D eigenvalue weighted by Crippen LogP contribution is -2.41. The van der Waals surface area contributed by atoms with Gasteiger partial charge in [-0.2, -0.15) is 0 Å². The Morgan fingerprint density at radius 3 is 2.43 bits per heavy atom. The van der Waals surface area contributed by atoms with Gasteiger partial charge in [-0.15, -0.1) is 12.4 Å². The number of sulfonamides is 1. The molecule has 0 saturated heterocycles. The highest BCUT2D eigenvalue weighted by molar-refractivity contribution is 7.89. The van der Waals surface area contributed by atoms with Crippen molar-refractivity contribution in [3.8, 4) is 5.75 Å². The summed E-state index contributed by atoms with van der Waals surface area (Å²) in [7, 11) is -2.62. The first-order chi connectivity index (χ1) is 10.2. The summed E-state index contributed by atoms with van der Waals surface area (Å²) in [6.45, 7) is 4.08. The van der Waals surface area contributed by atoms with Crippen molar-refractivity contribution in [2.24, 2.45) is 11.7 Å². The van der Waals surface area contributed by atoms with Gasteiger partial charge in [-0.3, -0.25) is 10.1 Å². The van der Waals surface area contributed by atoms with E-state index in [4.69, 9.17) is 10.5 Å². The maximum Gasteiger partial charge on any atom is 0.273 e. The first kappa shape index (κ1) is 21.6. The van der Waals surface area contributed by atoms with Gasteiger partial charge in [-0.05, 0) is 18.4 Å². The summed E-state index contributed by atoms with van der Waals surface area (Å²) in [5.41, 5.74) is 5.35. The van der Waals surface area contributed by atoms with Crippen LogP contribution in [0.5, 0.6) is 5.75 Å². The standard InChI is InChI=1S/C13H21N3O5S.ClH/c1-9(2)6-10(8-14)15-22(19,20)13-5-4-11(16(17)18)7-12(13)21-3;/h4-5,7,9-10,15H,6,8,14H2,1-3H3;1H. The molecule has 1 aromatic carbocycles. The molecule has 23 heavy (non-hydrogen) atoms. The van der Waals surface area contributed by atoms with E-state index in [0.717, 1.165) is 18.2 Å². The van der Waals surface area contributed by atoms with Crippen molar-refractivity contribution < 1.29 is 18.1 Å². The minimum atomic E-state index is -3.88. The van der Waals surface area contributed by atoms with Crippen molar-refractivity contribution in [3.63, 3.8) is 0 Å². The lowest BCUT2D eigenvalue weighted by Gasteiger charge is -2.19. The Morgan fingerprint density at radius 1 is 1.39 bits per heavy atom. The van der Waals surface area contributed by atoms with Crippen LogP contribution >= 0.6 is 12.4 Å². The zero-order chi connectivity index (χ0) is 16.9. The lowest BCUT2D eigenvalue weighted by atomic mass is 10.1. The van der Waals surface area contributed by atoms with E-state index in [2.05, 4.69) is 4.72 Å². The fourth-order valence-electron chi connectivity index (χ4n) is 2.04. The second-order valence-electron chi connectivity index (χ2n) is 5.28. The number of nitro groups is 1. The molecule has 0 aliphatic rings. The number of nitro benzene ring substituents is 1. The molecule has 0 heterocycles. The number of ether oxygens (including phenoxy) is 1. The summed E-state index contributed by atoms with van der Waals surface area (Å²) in [6.07, 6.45) is 0.588. The molecule has 0 spiro atoms. The molecule has 1 atom stereocenters. The summed E-state index contributed by atoms with van der Waals surface area (Å²) in [5.74, 6) is 0.192. The van der Waals surface area contributed by atoms with Crippen LogP contribution in [0.2, 0.25) is 0 Å². The van der Waals surface area contributed by atoms with Gasteiger partial charge in [0.15, 0.2) is 0 Å². The lowest BCUT2D eigenvalue weighted by molar-refractivity contribution is -0.385. The molecule has 0 saturated carbocycles. The number of hydrogen-bond donors (Lipinski definition) is 2.